The Hall–Kier alpha value is -2.61. The molecule has 4 rings (SSSR count). The van der Waals surface area contributed by atoms with Crippen LogP contribution in [0.4, 0.5) is 4.39 Å². The summed E-state index contributed by atoms with van der Waals surface area (Å²) in [5.74, 6) is -0.998. The van der Waals surface area contributed by atoms with E-state index >= 15 is 4.39 Å². The van der Waals surface area contributed by atoms with Crippen LogP contribution in [0.2, 0.25) is 4.34 Å². The number of aliphatic hydroxyl groups excluding tert-OH is 1. The van der Waals surface area contributed by atoms with E-state index in [0.717, 1.165) is 24.1 Å². The summed E-state index contributed by atoms with van der Waals surface area (Å²) in [7, 11) is 0. The molecule has 0 aliphatic rings. The largest absolute Gasteiger partial charge is 0.392 e. The van der Waals surface area contributed by atoms with E-state index in [1.165, 1.54) is 16.9 Å². The van der Waals surface area contributed by atoms with Crippen molar-refractivity contribution in [3.05, 3.63) is 80.3 Å². The Kier molecular flexibility index (Phi) is 8.23. The van der Waals surface area contributed by atoms with Crippen LogP contribution in [0.1, 0.15) is 67.5 Å². The number of carbonyl (C=O) groups is 1. The number of fused-ring (bicyclic) bond motifs is 1. The van der Waals surface area contributed by atoms with Gasteiger partial charge in [-0.1, -0.05) is 67.1 Å². The Morgan fingerprint density at radius 3 is 2.61 bits per heavy atom. The molecule has 0 bridgehead atoms. The van der Waals surface area contributed by atoms with Gasteiger partial charge in [0.2, 0.25) is 0 Å². The number of unbranched alkanes of at least 4 members (excludes halogenated alkanes) is 1. The highest BCUT2D eigenvalue weighted by atomic mass is 35.5. The smallest absolute Gasteiger partial charge is 0.156 e. The van der Waals surface area contributed by atoms with Gasteiger partial charge in [-0.25, -0.2) is 9.07 Å². The van der Waals surface area contributed by atoms with Crippen LogP contribution in [-0.2, 0) is 24.4 Å². The van der Waals surface area contributed by atoms with Crippen LogP contribution in [0.3, 0.4) is 0 Å². The maximum Gasteiger partial charge on any atom is 0.156 e. The lowest BCUT2D eigenvalue weighted by Crippen LogP contribution is -2.32. The van der Waals surface area contributed by atoms with Gasteiger partial charge >= 0.3 is 0 Å². The molecule has 8 heteroatoms. The number of ketones is 1. The van der Waals surface area contributed by atoms with Gasteiger partial charge < -0.3 is 5.11 Å². The van der Waals surface area contributed by atoms with E-state index in [4.69, 9.17) is 11.6 Å². The fourth-order valence-corrected chi connectivity index (χ4v) is 6.38. The first-order valence-corrected chi connectivity index (χ1v) is 13.4. The van der Waals surface area contributed by atoms with Gasteiger partial charge in [-0.05, 0) is 49.4 Å². The summed E-state index contributed by atoms with van der Waals surface area (Å²) in [5, 5.41) is 17.9. The summed E-state index contributed by atoms with van der Waals surface area (Å²) >= 11 is 7.66. The van der Waals surface area contributed by atoms with Gasteiger partial charge in [-0.15, -0.1) is 16.4 Å². The molecule has 4 aromatic rings. The molecule has 1 N–H and O–H groups in total. The van der Waals surface area contributed by atoms with Crippen molar-refractivity contribution in [2.24, 2.45) is 5.41 Å². The zero-order valence-corrected chi connectivity index (χ0v) is 22.4. The van der Waals surface area contributed by atoms with Gasteiger partial charge in [0.15, 0.2) is 5.82 Å². The van der Waals surface area contributed by atoms with Gasteiger partial charge in [0, 0.05) is 34.7 Å². The standard InChI is InChI=1S/C28H31ClFN3O2S/c1-4-33-21-15-14-20(25(30)26(21)31-32-33)24(22-16-19(17-34)27(29)36-22)28(2,3)23(35)13-9-8-12-18-10-6-5-7-11-18/h5-7,10-11,14-16,24,34H,4,8-9,12-13,17H2,1-3H3/t24-/m1/s1. The normalized spacial score (nSPS) is 12.8. The second-order valence-electron chi connectivity index (χ2n) is 9.62. The lowest BCUT2D eigenvalue weighted by Gasteiger charge is -2.33. The van der Waals surface area contributed by atoms with E-state index in [9.17, 15) is 9.90 Å². The zero-order chi connectivity index (χ0) is 25.9. The number of carbonyl (C=O) groups excluding carboxylic acids is 1. The summed E-state index contributed by atoms with van der Waals surface area (Å²) < 4.78 is 18.0. The van der Waals surface area contributed by atoms with Crippen LogP contribution in [0.25, 0.3) is 11.0 Å². The number of aryl methyl sites for hydroxylation is 2. The predicted molar refractivity (Wildman–Crippen MR) is 143 cm³/mol. The average Bonchev–Trinajstić information content (AvgIpc) is 3.46. The summed E-state index contributed by atoms with van der Waals surface area (Å²) in [6.07, 6.45) is 2.97. The third-order valence-electron chi connectivity index (χ3n) is 6.90. The summed E-state index contributed by atoms with van der Waals surface area (Å²) in [4.78, 5) is 14.4. The minimum absolute atomic E-state index is 0.0624. The molecule has 0 radical (unpaired) electrons. The molecule has 190 valence electrons. The summed E-state index contributed by atoms with van der Waals surface area (Å²) in [6.45, 7) is 6.02. The van der Waals surface area contributed by atoms with E-state index < -0.39 is 17.2 Å². The van der Waals surface area contributed by atoms with E-state index in [0.29, 0.717) is 33.9 Å². The second kappa shape index (κ2) is 11.2. The molecule has 2 aromatic carbocycles. The first kappa shape index (κ1) is 26.5. The molecule has 0 unspecified atom stereocenters. The van der Waals surface area contributed by atoms with E-state index in [1.807, 2.05) is 45.0 Å². The Morgan fingerprint density at radius 2 is 1.94 bits per heavy atom. The van der Waals surface area contributed by atoms with Crippen LogP contribution in [0, 0.1) is 11.2 Å². The van der Waals surface area contributed by atoms with Crippen molar-refractivity contribution in [2.75, 3.05) is 0 Å². The molecule has 0 aliphatic heterocycles. The lowest BCUT2D eigenvalue weighted by molar-refractivity contribution is -0.127. The molecular formula is C28H31ClFN3O2S. The number of hydrogen-bond acceptors (Lipinski definition) is 5. The van der Waals surface area contributed by atoms with Crippen LogP contribution in [-0.4, -0.2) is 25.9 Å². The molecule has 0 aliphatic carbocycles. The number of Topliss-reactive ketones (excluding diaryl/α,β-unsaturated/α-hetero) is 1. The van der Waals surface area contributed by atoms with Crippen molar-refractivity contribution >= 4 is 39.8 Å². The molecule has 1 atom stereocenters. The number of rotatable bonds is 11. The van der Waals surface area contributed by atoms with Crippen LogP contribution >= 0.6 is 22.9 Å². The zero-order valence-electron chi connectivity index (χ0n) is 20.8. The number of aliphatic hydroxyl groups is 1. The fourth-order valence-electron chi connectivity index (χ4n) is 4.79. The van der Waals surface area contributed by atoms with E-state index in [-0.39, 0.29) is 17.9 Å². The molecule has 0 spiro atoms. The summed E-state index contributed by atoms with van der Waals surface area (Å²) in [6, 6.07) is 15.5. The summed E-state index contributed by atoms with van der Waals surface area (Å²) in [5.41, 5.74) is 2.10. The van der Waals surface area contributed by atoms with Gasteiger partial charge in [0.25, 0.3) is 0 Å². The SMILES string of the molecule is CCn1nnc2c(F)c([C@H](c3cc(CO)c(Cl)s3)C(C)(C)C(=O)CCCCc3ccccc3)ccc21. The van der Waals surface area contributed by atoms with Gasteiger partial charge in [-0.2, -0.15) is 0 Å². The number of nitrogens with zero attached hydrogens (tertiary/aromatic N) is 3. The maximum absolute atomic E-state index is 15.9. The third kappa shape index (κ3) is 5.24. The first-order valence-electron chi connectivity index (χ1n) is 12.3. The number of hydrogen-bond donors (Lipinski definition) is 1. The maximum atomic E-state index is 15.9. The second-order valence-corrected chi connectivity index (χ2v) is 11.3. The highest BCUT2D eigenvalue weighted by Crippen LogP contribution is 2.48. The van der Waals surface area contributed by atoms with Crippen molar-refractivity contribution in [2.45, 2.75) is 65.5 Å². The molecule has 0 amide bonds. The van der Waals surface area contributed by atoms with Crippen molar-refractivity contribution in [1.29, 1.82) is 0 Å². The Labute approximate surface area is 219 Å². The molecule has 0 saturated carbocycles. The number of aromatic nitrogens is 3. The monoisotopic (exact) mass is 527 g/mol. The van der Waals surface area contributed by atoms with E-state index in [2.05, 4.69) is 22.4 Å². The van der Waals surface area contributed by atoms with Crippen molar-refractivity contribution in [3.63, 3.8) is 0 Å². The first-order chi connectivity index (χ1) is 17.3. The van der Waals surface area contributed by atoms with Crippen molar-refractivity contribution in [3.8, 4) is 0 Å². The van der Waals surface area contributed by atoms with Gasteiger partial charge in [0.05, 0.1) is 16.5 Å². The third-order valence-corrected chi connectivity index (χ3v) is 8.40. The number of thiophene rings is 1. The average molecular weight is 528 g/mol. The quantitative estimate of drug-likeness (QED) is 0.214. The molecule has 2 aromatic heterocycles. The topological polar surface area (TPSA) is 68.0 Å². The van der Waals surface area contributed by atoms with E-state index in [1.54, 1.807) is 16.8 Å². The number of halogens is 2. The van der Waals surface area contributed by atoms with Crippen molar-refractivity contribution < 1.29 is 14.3 Å². The Morgan fingerprint density at radius 1 is 1.19 bits per heavy atom. The minimum Gasteiger partial charge on any atom is -0.392 e. The van der Waals surface area contributed by atoms with Crippen LogP contribution < -0.4 is 0 Å². The van der Waals surface area contributed by atoms with Gasteiger partial charge in [-0.3, -0.25) is 4.79 Å². The Balaban J connectivity index is 1.65. The van der Waals surface area contributed by atoms with Crippen LogP contribution in [0.5, 0.6) is 0 Å². The fraction of sp³-hybridized carbons (Fsp3) is 0.393. The highest BCUT2D eigenvalue weighted by molar-refractivity contribution is 7.16. The predicted octanol–water partition coefficient (Wildman–Crippen LogP) is 6.94. The molecule has 0 fully saturated rings. The molecule has 0 saturated heterocycles. The van der Waals surface area contributed by atoms with Crippen molar-refractivity contribution in [1.82, 2.24) is 15.0 Å². The Bertz CT molecular complexity index is 1350. The number of benzene rings is 2. The minimum atomic E-state index is -0.914. The molecule has 2 heterocycles. The molecule has 36 heavy (non-hydrogen) atoms. The lowest BCUT2D eigenvalue weighted by atomic mass is 9.70. The van der Waals surface area contributed by atoms with Crippen LogP contribution in [0.15, 0.2) is 48.5 Å². The molecule has 5 nitrogen and oxygen atoms in total. The van der Waals surface area contributed by atoms with Gasteiger partial charge in [0.1, 0.15) is 11.3 Å². The highest BCUT2D eigenvalue weighted by Gasteiger charge is 2.41. The molecular weight excluding hydrogens is 497 g/mol.